The summed E-state index contributed by atoms with van der Waals surface area (Å²) < 4.78 is 2.03. The Hall–Kier alpha value is -2.38. The van der Waals surface area contributed by atoms with Gasteiger partial charge in [0.25, 0.3) is 5.56 Å². The Bertz CT molecular complexity index is 829. The Morgan fingerprint density at radius 3 is 2.16 bits per heavy atom. The van der Waals surface area contributed by atoms with Crippen molar-refractivity contribution in [2.24, 2.45) is 13.0 Å². The van der Waals surface area contributed by atoms with Gasteiger partial charge in [0.2, 0.25) is 5.78 Å². The molecule has 1 heterocycles. The van der Waals surface area contributed by atoms with E-state index < -0.39 is 40.2 Å². The van der Waals surface area contributed by atoms with Crippen molar-refractivity contribution in [3.05, 3.63) is 26.5 Å². The molecule has 2 aliphatic carbocycles. The SMILES string of the molecule is Cn1nc(C(=O)C2C(=O)CCCC2=O)c(=O)n(C2CCCCC2)c1=O. The van der Waals surface area contributed by atoms with Crippen molar-refractivity contribution in [3.8, 4) is 0 Å². The van der Waals surface area contributed by atoms with Gasteiger partial charge in [-0.15, -0.1) is 0 Å². The summed E-state index contributed by atoms with van der Waals surface area (Å²) >= 11 is 0. The highest BCUT2D eigenvalue weighted by Crippen LogP contribution is 2.26. The molecule has 134 valence electrons. The number of aryl methyl sites for hydroxylation is 1. The molecule has 8 heteroatoms. The van der Waals surface area contributed by atoms with Crippen LogP contribution in [0.4, 0.5) is 0 Å². The van der Waals surface area contributed by atoms with Gasteiger partial charge in [-0.1, -0.05) is 19.3 Å². The second-order valence-corrected chi connectivity index (χ2v) is 6.81. The van der Waals surface area contributed by atoms with Crippen molar-refractivity contribution >= 4 is 17.3 Å². The van der Waals surface area contributed by atoms with Crippen molar-refractivity contribution in [1.82, 2.24) is 14.3 Å². The number of Topliss-reactive ketones (excluding diaryl/α,β-unsaturated/α-hetero) is 3. The topological polar surface area (TPSA) is 108 Å². The summed E-state index contributed by atoms with van der Waals surface area (Å²) in [5.41, 5.74) is -1.85. The fourth-order valence-electron chi connectivity index (χ4n) is 3.74. The summed E-state index contributed by atoms with van der Waals surface area (Å²) in [5.74, 6) is -3.27. The second kappa shape index (κ2) is 6.85. The van der Waals surface area contributed by atoms with Gasteiger partial charge in [-0.25, -0.2) is 9.48 Å². The van der Waals surface area contributed by atoms with Crippen molar-refractivity contribution in [1.29, 1.82) is 0 Å². The van der Waals surface area contributed by atoms with Gasteiger partial charge >= 0.3 is 5.69 Å². The normalized spacial score (nSPS) is 20.0. The zero-order valence-corrected chi connectivity index (χ0v) is 14.2. The first-order valence-corrected chi connectivity index (χ1v) is 8.71. The zero-order valence-electron chi connectivity index (χ0n) is 14.2. The number of aromatic nitrogens is 3. The number of rotatable bonds is 3. The number of carbonyl (C=O) groups excluding carboxylic acids is 3. The Morgan fingerprint density at radius 1 is 0.960 bits per heavy atom. The molecule has 0 saturated heterocycles. The van der Waals surface area contributed by atoms with Crippen LogP contribution in [0.3, 0.4) is 0 Å². The molecule has 0 N–H and O–H groups in total. The van der Waals surface area contributed by atoms with Crippen LogP contribution in [0.5, 0.6) is 0 Å². The summed E-state index contributed by atoms with van der Waals surface area (Å²) in [6, 6.07) is -0.271. The standard InChI is InChI=1S/C17H21N3O5/c1-19-17(25)20(10-6-3-2-4-7-10)16(24)14(18-19)15(23)13-11(21)8-5-9-12(13)22/h10,13H,2-9H2,1H3. The van der Waals surface area contributed by atoms with Gasteiger partial charge in [0.15, 0.2) is 17.3 Å². The predicted octanol–water partition coefficient (Wildman–Crippen LogP) is 0.568. The van der Waals surface area contributed by atoms with E-state index in [1.807, 2.05) is 0 Å². The monoisotopic (exact) mass is 347 g/mol. The predicted molar refractivity (Wildman–Crippen MR) is 87.5 cm³/mol. The largest absolute Gasteiger partial charge is 0.347 e. The highest BCUT2D eigenvalue weighted by atomic mass is 16.2. The fourth-order valence-corrected chi connectivity index (χ4v) is 3.74. The van der Waals surface area contributed by atoms with Gasteiger partial charge in [0.1, 0.15) is 5.92 Å². The number of nitrogens with zero attached hydrogens (tertiary/aromatic N) is 3. The van der Waals surface area contributed by atoms with Crippen LogP contribution in [-0.2, 0) is 16.6 Å². The highest BCUT2D eigenvalue weighted by molar-refractivity contribution is 6.24. The van der Waals surface area contributed by atoms with Crippen LogP contribution < -0.4 is 11.2 Å². The first kappa shape index (κ1) is 17.4. The molecule has 0 aliphatic heterocycles. The molecule has 1 aromatic heterocycles. The van der Waals surface area contributed by atoms with Gasteiger partial charge in [0, 0.05) is 25.9 Å². The van der Waals surface area contributed by atoms with Crippen LogP contribution in [0, 0.1) is 5.92 Å². The molecule has 2 saturated carbocycles. The van der Waals surface area contributed by atoms with Crippen LogP contribution in [0.15, 0.2) is 9.59 Å². The summed E-state index contributed by atoms with van der Waals surface area (Å²) in [6.45, 7) is 0. The molecule has 2 aliphatic rings. The first-order valence-electron chi connectivity index (χ1n) is 8.71. The Labute approximate surface area is 143 Å². The summed E-state index contributed by atoms with van der Waals surface area (Å²) in [4.78, 5) is 61.9. The second-order valence-electron chi connectivity index (χ2n) is 6.81. The van der Waals surface area contributed by atoms with Crippen LogP contribution in [-0.4, -0.2) is 31.7 Å². The van der Waals surface area contributed by atoms with Crippen molar-refractivity contribution < 1.29 is 14.4 Å². The quantitative estimate of drug-likeness (QED) is 0.584. The molecule has 0 radical (unpaired) electrons. The molecule has 0 aromatic carbocycles. The van der Waals surface area contributed by atoms with E-state index in [0.717, 1.165) is 28.5 Å². The van der Waals surface area contributed by atoms with Gasteiger partial charge in [-0.3, -0.25) is 23.7 Å². The Kier molecular flexibility index (Phi) is 4.78. The zero-order chi connectivity index (χ0) is 18.1. The number of hydrogen-bond donors (Lipinski definition) is 0. The van der Waals surface area contributed by atoms with E-state index in [-0.39, 0.29) is 18.9 Å². The van der Waals surface area contributed by atoms with E-state index in [2.05, 4.69) is 5.10 Å². The molecule has 3 rings (SSSR count). The van der Waals surface area contributed by atoms with Gasteiger partial charge in [-0.2, -0.15) is 5.10 Å². The molecule has 0 bridgehead atoms. The lowest BCUT2D eigenvalue weighted by Gasteiger charge is -2.24. The smallest absolute Gasteiger partial charge is 0.298 e. The molecular weight excluding hydrogens is 326 g/mol. The third-order valence-electron chi connectivity index (χ3n) is 5.08. The van der Waals surface area contributed by atoms with Crippen molar-refractivity contribution in [3.63, 3.8) is 0 Å². The molecule has 0 unspecified atom stereocenters. The van der Waals surface area contributed by atoms with Gasteiger partial charge in [-0.05, 0) is 19.3 Å². The van der Waals surface area contributed by atoms with E-state index in [0.29, 0.717) is 19.3 Å². The van der Waals surface area contributed by atoms with Crippen LogP contribution >= 0.6 is 0 Å². The highest BCUT2D eigenvalue weighted by Gasteiger charge is 2.39. The molecule has 2 fully saturated rings. The first-order chi connectivity index (χ1) is 11.9. The van der Waals surface area contributed by atoms with Crippen LogP contribution in [0.2, 0.25) is 0 Å². The fraction of sp³-hybridized carbons (Fsp3) is 0.647. The van der Waals surface area contributed by atoms with Gasteiger partial charge < -0.3 is 0 Å². The lowest BCUT2D eigenvalue weighted by molar-refractivity contribution is -0.133. The molecule has 0 spiro atoms. The molecule has 1 aromatic rings. The van der Waals surface area contributed by atoms with E-state index >= 15 is 0 Å². The summed E-state index contributed by atoms with van der Waals surface area (Å²) in [6.07, 6.45) is 4.95. The maximum absolute atomic E-state index is 12.8. The molecule has 25 heavy (non-hydrogen) atoms. The van der Waals surface area contributed by atoms with E-state index in [9.17, 15) is 24.0 Å². The minimum atomic E-state index is -1.45. The molecule has 8 nitrogen and oxygen atoms in total. The number of hydrogen-bond acceptors (Lipinski definition) is 6. The Balaban J connectivity index is 2.07. The minimum Gasteiger partial charge on any atom is -0.298 e. The minimum absolute atomic E-state index is 0.144. The Morgan fingerprint density at radius 2 is 1.56 bits per heavy atom. The van der Waals surface area contributed by atoms with E-state index in [4.69, 9.17) is 0 Å². The third kappa shape index (κ3) is 3.12. The molecule has 0 amide bonds. The maximum Gasteiger partial charge on any atom is 0.347 e. The lowest BCUT2D eigenvalue weighted by atomic mass is 9.83. The van der Waals surface area contributed by atoms with E-state index in [1.54, 1.807) is 0 Å². The van der Waals surface area contributed by atoms with E-state index in [1.165, 1.54) is 7.05 Å². The average Bonchev–Trinajstić information content (AvgIpc) is 2.59. The average molecular weight is 347 g/mol. The van der Waals surface area contributed by atoms with Crippen LogP contribution in [0.1, 0.15) is 67.9 Å². The molecule has 0 atom stereocenters. The lowest BCUT2D eigenvalue weighted by Crippen LogP contribution is -2.48. The number of ketones is 3. The van der Waals surface area contributed by atoms with Crippen molar-refractivity contribution in [2.45, 2.75) is 57.4 Å². The maximum atomic E-state index is 12.8. The summed E-state index contributed by atoms with van der Waals surface area (Å²) in [5, 5.41) is 3.79. The van der Waals surface area contributed by atoms with Crippen LogP contribution in [0.25, 0.3) is 0 Å². The third-order valence-corrected chi connectivity index (χ3v) is 5.08. The van der Waals surface area contributed by atoms with Crippen molar-refractivity contribution in [2.75, 3.05) is 0 Å². The van der Waals surface area contributed by atoms with Gasteiger partial charge in [0.05, 0.1) is 0 Å². The number of carbonyl (C=O) groups is 3. The molecular formula is C17H21N3O5. The summed E-state index contributed by atoms with van der Waals surface area (Å²) in [7, 11) is 1.36.